The predicted molar refractivity (Wildman–Crippen MR) is 87.2 cm³/mol. The van der Waals surface area contributed by atoms with Crippen molar-refractivity contribution in [3.63, 3.8) is 0 Å². The molecule has 2 rings (SSSR count). The van der Waals surface area contributed by atoms with Crippen LogP contribution in [-0.4, -0.2) is 42.9 Å². The molecule has 0 aliphatic carbocycles. The zero-order valence-corrected chi connectivity index (χ0v) is 14.4. The molecule has 1 fully saturated rings. The number of carbonyl (C=O) groups excluding carboxylic acids is 1. The van der Waals surface area contributed by atoms with Crippen LogP contribution in [0.15, 0.2) is 18.2 Å². The number of sulfone groups is 1. The number of thioether (sulfide) groups is 1. The number of benzene rings is 1. The van der Waals surface area contributed by atoms with Crippen LogP contribution in [0.1, 0.15) is 18.9 Å². The Labute approximate surface area is 139 Å². The molecule has 1 amide bonds. The van der Waals surface area contributed by atoms with Crippen LogP contribution in [0.2, 0.25) is 0 Å². The fraction of sp³-hybridized carbons (Fsp3) is 0.533. The highest BCUT2D eigenvalue weighted by atomic mass is 32.2. The van der Waals surface area contributed by atoms with Gasteiger partial charge in [-0.2, -0.15) is 0 Å². The number of halogens is 2. The van der Waals surface area contributed by atoms with Crippen LogP contribution in [0.3, 0.4) is 0 Å². The third-order valence-electron chi connectivity index (χ3n) is 3.62. The third-order valence-corrected chi connectivity index (χ3v) is 6.90. The normalized spacial score (nSPS) is 21.1. The molecule has 1 aromatic carbocycles. The average molecular weight is 363 g/mol. The molecule has 1 aromatic rings. The molecule has 1 N–H and O–H groups in total. The van der Waals surface area contributed by atoms with E-state index in [9.17, 15) is 22.0 Å². The van der Waals surface area contributed by atoms with Crippen molar-refractivity contribution in [2.75, 3.05) is 17.3 Å². The molecule has 8 heteroatoms. The fourth-order valence-corrected chi connectivity index (χ4v) is 5.94. The molecule has 1 heterocycles. The van der Waals surface area contributed by atoms with Crippen molar-refractivity contribution < 1.29 is 22.0 Å². The molecule has 2 unspecified atom stereocenters. The first kappa shape index (κ1) is 18.2. The number of rotatable bonds is 6. The highest BCUT2D eigenvalue weighted by Gasteiger charge is 2.28. The standard InChI is InChI=1S/C15H19F2NO3S2/c1-10(7-12-13(16)3-2-4-14(12)17)18-15(19)8-22-11-5-6-23(20,21)9-11/h2-4,10-11H,5-9H2,1H3,(H,18,19). The lowest BCUT2D eigenvalue weighted by molar-refractivity contribution is -0.119. The van der Waals surface area contributed by atoms with E-state index in [1.807, 2.05) is 0 Å². The number of hydrogen-bond donors (Lipinski definition) is 1. The van der Waals surface area contributed by atoms with Gasteiger partial charge in [-0.15, -0.1) is 11.8 Å². The van der Waals surface area contributed by atoms with Crippen LogP contribution in [-0.2, 0) is 21.1 Å². The van der Waals surface area contributed by atoms with Crippen molar-refractivity contribution in [1.82, 2.24) is 5.32 Å². The molecule has 0 spiro atoms. The molecule has 0 aromatic heterocycles. The maximum atomic E-state index is 13.6. The summed E-state index contributed by atoms with van der Waals surface area (Å²) >= 11 is 1.31. The lowest BCUT2D eigenvalue weighted by Crippen LogP contribution is -2.36. The Balaban J connectivity index is 1.79. The second-order valence-electron chi connectivity index (χ2n) is 5.71. The van der Waals surface area contributed by atoms with Gasteiger partial charge in [0.25, 0.3) is 0 Å². The van der Waals surface area contributed by atoms with Crippen molar-refractivity contribution in [3.05, 3.63) is 35.4 Å². The highest BCUT2D eigenvalue weighted by Crippen LogP contribution is 2.24. The van der Waals surface area contributed by atoms with Gasteiger partial charge in [-0.05, 0) is 31.9 Å². The zero-order valence-electron chi connectivity index (χ0n) is 12.7. The van der Waals surface area contributed by atoms with Crippen molar-refractivity contribution in [3.8, 4) is 0 Å². The van der Waals surface area contributed by atoms with E-state index in [1.54, 1.807) is 6.92 Å². The highest BCUT2D eigenvalue weighted by molar-refractivity contribution is 8.02. The van der Waals surface area contributed by atoms with Gasteiger partial charge in [-0.3, -0.25) is 4.79 Å². The monoisotopic (exact) mass is 363 g/mol. The first-order chi connectivity index (χ1) is 10.8. The summed E-state index contributed by atoms with van der Waals surface area (Å²) in [5.74, 6) is -1.09. The molecule has 1 aliphatic heterocycles. The minimum Gasteiger partial charge on any atom is -0.353 e. The minimum absolute atomic E-state index is 0.0464. The molecule has 4 nitrogen and oxygen atoms in total. The summed E-state index contributed by atoms with van der Waals surface area (Å²) in [5, 5.41) is 2.63. The SMILES string of the molecule is CC(Cc1c(F)cccc1F)NC(=O)CSC1CCS(=O)(=O)C1. The van der Waals surface area contributed by atoms with Gasteiger partial charge in [0.2, 0.25) is 5.91 Å². The van der Waals surface area contributed by atoms with Crippen molar-refractivity contribution in [2.45, 2.75) is 31.1 Å². The topological polar surface area (TPSA) is 63.2 Å². The summed E-state index contributed by atoms with van der Waals surface area (Å²) in [6.45, 7) is 1.68. The summed E-state index contributed by atoms with van der Waals surface area (Å²) in [6.07, 6.45) is 0.628. The van der Waals surface area contributed by atoms with Crippen molar-refractivity contribution in [1.29, 1.82) is 0 Å². The third kappa shape index (κ3) is 5.46. The zero-order chi connectivity index (χ0) is 17.0. The van der Waals surface area contributed by atoms with Crippen molar-refractivity contribution >= 4 is 27.5 Å². The Morgan fingerprint density at radius 2 is 2.04 bits per heavy atom. The maximum absolute atomic E-state index is 13.6. The van der Waals surface area contributed by atoms with E-state index in [2.05, 4.69) is 5.32 Å². The molecule has 0 bridgehead atoms. The molecule has 0 radical (unpaired) electrons. The molecule has 2 atom stereocenters. The Hall–Kier alpha value is -1.15. The van der Waals surface area contributed by atoms with Crippen LogP contribution in [0.5, 0.6) is 0 Å². The molecule has 1 aliphatic rings. The van der Waals surface area contributed by atoms with E-state index in [4.69, 9.17) is 0 Å². The van der Waals surface area contributed by atoms with Gasteiger partial charge in [0.1, 0.15) is 11.6 Å². The average Bonchev–Trinajstić information content (AvgIpc) is 2.80. The summed E-state index contributed by atoms with van der Waals surface area (Å²) in [7, 11) is -2.95. The smallest absolute Gasteiger partial charge is 0.230 e. The number of nitrogens with one attached hydrogen (secondary N) is 1. The van der Waals surface area contributed by atoms with Gasteiger partial charge in [0.05, 0.1) is 17.3 Å². The fourth-order valence-electron chi connectivity index (χ4n) is 2.49. The van der Waals surface area contributed by atoms with E-state index in [-0.39, 0.29) is 40.4 Å². The molecule has 1 saturated heterocycles. The van der Waals surface area contributed by atoms with Crippen LogP contribution in [0, 0.1) is 11.6 Å². The van der Waals surface area contributed by atoms with Gasteiger partial charge >= 0.3 is 0 Å². The number of hydrogen-bond acceptors (Lipinski definition) is 4. The quantitative estimate of drug-likeness (QED) is 0.839. The second kappa shape index (κ2) is 7.61. The Kier molecular flexibility index (Phi) is 6.02. The number of amides is 1. The van der Waals surface area contributed by atoms with E-state index in [0.29, 0.717) is 6.42 Å². The van der Waals surface area contributed by atoms with Gasteiger partial charge in [-0.25, -0.2) is 17.2 Å². The summed E-state index contributed by atoms with van der Waals surface area (Å²) in [6, 6.07) is 3.25. The van der Waals surface area contributed by atoms with E-state index in [1.165, 1.54) is 30.0 Å². The molecular formula is C15H19F2NO3S2. The summed E-state index contributed by atoms with van der Waals surface area (Å²) < 4.78 is 49.8. The van der Waals surface area contributed by atoms with Crippen LogP contribution >= 0.6 is 11.8 Å². The van der Waals surface area contributed by atoms with Crippen LogP contribution in [0.25, 0.3) is 0 Å². The van der Waals surface area contributed by atoms with Gasteiger partial charge < -0.3 is 5.32 Å². The first-order valence-electron chi connectivity index (χ1n) is 7.31. The maximum Gasteiger partial charge on any atom is 0.230 e. The molecule has 0 saturated carbocycles. The van der Waals surface area contributed by atoms with Gasteiger partial charge in [0, 0.05) is 16.9 Å². The largest absolute Gasteiger partial charge is 0.353 e. The lowest BCUT2D eigenvalue weighted by Gasteiger charge is -2.15. The van der Waals surface area contributed by atoms with E-state index < -0.39 is 27.5 Å². The Morgan fingerprint density at radius 3 is 2.61 bits per heavy atom. The van der Waals surface area contributed by atoms with Crippen LogP contribution in [0.4, 0.5) is 8.78 Å². The molecule has 23 heavy (non-hydrogen) atoms. The first-order valence-corrected chi connectivity index (χ1v) is 10.2. The molecule has 128 valence electrons. The van der Waals surface area contributed by atoms with E-state index in [0.717, 1.165) is 0 Å². The second-order valence-corrected chi connectivity index (χ2v) is 9.23. The molecular weight excluding hydrogens is 344 g/mol. The minimum atomic E-state index is -2.95. The van der Waals surface area contributed by atoms with E-state index >= 15 is 0 Å². The number of carbonyl (C=O) groups is 1. The van der Waals surface area contributed by atoms with Crippen LogP contribution < -0.4 is 5.32 Å². The lowest BCUT2D eigenvalue weighted by atomic mass is 10.1. The Morgan fingerprint density at radius 1 is 1.39 bits per heavy atom. The summed E-state index contributed by atoms with van der Waals surface area (Å²) in [4.78, 5) is 11.9. The van der Waals surface area contributed by atoms with Crippen molar-refractivity contribution in [2.24, 2.45) is 0 Å². The predicted octanol–water partition coefficient (Wildman–Crippen LogP) is 1.93. The summed E-state index contributed by atoms with van der Waals surface area (Å²) in [5.41, 5.74) is -0.0464. The Bertz CT molecular complexity index is 659. The van der Waals surface area contributed by atoms with Gasteiger partial charge in [0.15, 0.2) is 9.84 Å². The van der Waals surface area contributed by atoms with Gasteiger partial charge in [-0.1, -0.05) is 6.07 Å².